The molecule has 0 aromatic carbocycles. The number of allylic oxidation sites excluding steroid dienone is 1. The van der Waals surface area contributed by atoms with Crippen molar-refractivity contribution in [3.63, 3.8) is 0 Å². The summed E-state index contributed by atoms with van der Waals surface area (Å²) in [5.41, 5.74) is 0.0370. The molecule has 4 nitrogen and oxygen atoms in total. The number of hydrogen-bond acceptors (Lipinski definition) is 3. The number of furan rings is 1. The Morgan fingerprint density at radius 2 is 2.38 bits per heavy atom. The molecule has 0 fully saturated rings. The van der Waals surface area contributed by atoms with E-state index in [4.69, 9.17) is 14.8 Å². The molecule has 1 aromatic heterocycles. The lowest BCUT2D eigenvalue weighted by Gasteiger charge is -1.96. The van der Waals surface area contributed by atoms with Crippen molar-refractivity contribution in [1.29, 1.82) is 5.26 Å². The standard InChI is InChI=1S/C9H7NO3/c1-6(7(5-10)9(11)12)8-3-2-4-13-8/h2-4H,1H3,(H,11,12). The Balaban J connectivity index is 3.19. The molecule has 0 atom stereocenters. The van der Waals surface area contributed by atoms with Gasteiger partial charge in [-0.15, -0.1) is 0 Å². The molecule has 0 bridgehead atoms. The predicted octanol–water partition coefficient (Wildman–Crippen LogP) is 1.66. The third kappa shape index (κ3) is 1.76. The molecule has 0 amide bonds. The normalized spacial score (nSPS) is 11.7. The van der Waals surface area contributed by atoms with Gasteiger partial charge in [-0.2, -0.15) is 5.26 Å². The third-order valence-electron chi connectivity index (χ3n) is 1.59. The van der Waals surface area contributed by atoms with Gasteiger partial charge in [0.25, 0.3) is 0 Å². The molecule has 0 aliphatic carbocycles. The maximum Gasteiger partial charge on any atom is 0.346 e. The molecule has 1 heterocycles. The second kappa shape index (κ2) is 3.59. The van der Waals surface area contributed by atoms with Gasteiger partial charge in [0.1, 0.15) is 17.4 Å². The van der Waals surface area contributed by atoms with Crippen molar-refractivity contribution >= 4 is 11.5 Å². The van der Waals surface area contributed by atoms with Crippen molar-refractivity contribution in [3.05, 3.63) is 29.7 Å². The van der Waals surface area contributed by atoms with Crippen LogP contribution >= 0.6 is 0 Å². The number of hydrogen-bond donors (Lipinski definition) is 1. The summed E-state index contributed by atoms with van der Waals surface area (Å²) < 4.78 is 4.96. The van der Waals surface area contributed by atoms with Gasteiger partial charge in [0, 0.05) is 5.57 Å². The van der Waals surface area contributed by atoms with E-state index in [9.17, 15) is 4.79 Å². The Bertz CT molecular complexity index is 381. The number of carboxylic acids is 1. The molecule has 0 aliphatic rings. The van der Waals surface area contributed by atoms with Crippen LogP contribution in [0.4, 0.5) is 0 Å². The summed E-state index contributed by atoms with van der Waals surface area (Å²) in [6, 6.07) is 4.85. The van der Waals surface area contributed by atoms with Crippen LogP contribution in [0.5, 0.6) is 0 Å². The molecule has 1 N–H and O–H groups in total. The maximum atomic E-state index is 10.5. The monoisotopic (exact) mass is 177 g/mol. The number of nitriles is 1. The zero-order valence-electron chi connectivity index (χ0n) is 6.94. The molecule has 4 heteroatoms. The lowest BCUT2D eigenvalue weighted by Crippen LogP contribution is -2.00. The first-order valence-corrected chi connectivity index (χ1v) is 3.55. The fraction of sp³-hybridized carbons (Fsp3) is 0.111. The average Bonchev–Trinajstić information content (AvgIpc) is 2.56. The summed E-state index contributed by atoms with van der Waals surface area (Å²) in [7, 11) is 0. The van der Waals surface area contributed by atoms with E-state index in [1.165, 1.54) is 13.2 Å². The Hall–Kier alpha value is -2.02. The number of carboxylic acid groups (broad SMARTS) is 1. The zero-order chi connectivity index (χ0) is 9.84. The average molecular weight is 177 g/mol. The predicted molar refractivity (Wildman–Crippen MR) is 44.6 cm³/mol. The summed E-state index contributed by atoms with van der Waals surface area (Å²) in [5, 5.41) is 17.2. The number of carbonyl (C=O) groups is 1. The largest absolute Gasteiger partial charge is 0.477 e. The van der Waals surface area contributed by atoms with Crippen LogP contribution in [0.15, 0.2) is 28.4 Å². The molecule has 0 spiro atoms. The molecule has 0 radical (unpaired) electrons. The summed E-state index contributed by atoms with van der Waals surface area (Å²) in [4.78, 5) is 10.5. The van der Waals surface area contributed by atoms with Crippen LogP contribution < -0.4 is 0 Å². The SMILES string of the molecule is CC(=C(C#N)C(=O)O)c1ccco1. The van der Waals surface area contributed by atoms with Crippen molar-refractivity contribution in [2.45, 2.75) is 6.92 Å². The van der Waals surface area contributed by atoms with Gasteiger partial charge < -0.3 is 9.52 Å². The Kier molecular flexibility index (Phi) is 2.50. The summed E-state index contributed by atoms with van der Waals surface area (Å²) >= 11 is 0. The van der Waals surface area contributed by atoms with Gasteiger partial charge in [0.05, 0.1) is 6.26 Å². The minimum absolute atomic E-state index is 0.296. The minimum Gasteiger partial charge on any atom is -0.477 e. The highest BCUT2D eigenvalue weighted by Crippen LogP contribution is 2.18. The van der Waals surface area contributed by atoms with E-state index in [0.29, 0.717) is 11.3 Å². The van der Waals surface area contributed by atoms with E-state index in [1.54, 1.807) is 18.2 Å². The summed E-state index contributed by atoms with van der Waals surface area (Å²) in [6.07, 6.45) is 1.43. The van der Waals surface area contributed by atoms with Crippen molar-refractivity contribution in [1.82, 2.24) is 0 Å². The lowest BCUT2D eigenvalue weighted by molar-refractivity contribution is -0.132. The van der Waals surface area contributed by atoms with E-state index >= 15 is 0 Å². The van der Waals surface area contributed by atoms with Gasteiger partial charge in [0.2, 0.25) is 0 Å². The summed E-state index contributed by atoms with van der Waals surface area (Å²) in [6.45, 7) is 1.53. The molecular formula is C9H7NO3. The quantitative estimate of drug-likeness (QED) is 0.550. The molecule has 66 valence electrons. The first-order chi connectivity index (χ1) is 6.16. The molecule has 0 saturated carbocycles. The van der Waals surface area contributed by atoms with Crippen molar-refractivity contribution in [2.24, 2.45) is 0 Å². The van der Waals surface area contributed by atoms with Crippen LogP contribution in [0.2, 0.25) is 0 Å². The highest BCUT2D eigenvalue weighted by atomic mass is 16.4. The fourth-order valence-electron chi connectivity index (χ4n) is 0.907. The van der Waals surface area contributed by atoms with Crippen LogP contribution in [0.25, 0.3) is 5.57 Å². The van der Waals surface area contributed by atoms with Crippen LogP contribution in [-0.4, -0.2) is 11.1 Å². The Labute approximate surface area is 74.7 Å². The van der Waals surface area contributed by atoms with Crippen molar-refractivity contribution in [3.8, 4) is 6.07 Å². The van der Waals surface area contributed by atoms with Crippen molar-refractivity contribution in [2.75, 3.05) is 0 Å². The molecule has 1 aromatic rings. The Morgan fingerprint density at radius 3 is 2.77 bits per heavy atom. The van der Waals surface area contributed by atoms with Gasteiger partial charge in [-0.3, -0.25) is 0 Å². The number of rotatable bonds is 2. The van der Waals surface area contributed by atoms with Gasteiger partial charge in [-0.05, 0) is 19.1 Å². The Morgan fingerprint density at radius 1 is 1.69 bits per heavy atom. The van der Waals surface area contributed by atoms with Crippen LogP contribution in [0, 0.1) is 11.3 Å². The third-order valence-corrected chi connectivity index (χ3v) is 1.59. The number of aliphatic carboxylic acids is 1. The van der Waals surface area contributed by atoms with E-state index in [1.807, 2.05) is 0 Å². The molecule has 13 heavy (non-hydrogen) atoms. The second-order valence-electron chi connectivity index (χ2n) is 2.39. The smallest absolute Gasteiger partial charge is 0.346 e. The lowest BCUT2D eigenvalue weighted by atomic mass is 10.1. The van der Waals surface area contributed by atoms with E-state index in [-0.39, 0.29) is 5.57 Å². The van der Waals surface area contributed by atoms with E-state index in [0.717, 1.165) is 0 Å². The zero-order valence-corrected chi connectivity index (χ0v) is 6.94. The van der Waals surface area contributed by atoms with E-state index < -0.39 is 5.97 Å². The molecular weight excluding hydrogens is 170 g/mol. The van der Waals surface area contributed by atoms with Crippen LogP contribution in [0.1, 0.15) is 12.7 Å². The molecule has 0 saturated heterocycles. The summed E-state index contributed by atoms with van der Waals surface area (Å²) in [5.74, 6) is -0.838. The fourth-order valence-corrected chi connectivity index (χ4v) is 0.907. The van der Waals surface area contributed by atoms with E-state index in [2.05, 4.69) is 0 Å². The second-order valence-corrected chi connectivity index (χ2v) is 2.39. The molecule has 1 rings (SSSR count). The first-order valence-electron chi connectivity index (χ1n) is 3.55. The van der Waals surface area contributed by atoms with Gasteiger partial charge in [0.15, 0.2) is 0 Å². The minimum atomic E-state index is -1.24. The molecule has 0 unspecified atom stereocenters. The van der Waals surface area contributed by atoms with Gasteiger partial charge >= 0.3 is 5.97 Å². The number of nitrogens with zero attached hydrogens (tertiary/aromatic N) is 1. The van der Waals surface area contributed by atoms with Crippen molar-refractivity contribution < 1.29 is 14.3 Å². The molecule has 0 aliphatic heterocycles. The first kappa shape index (κ1) is 9.07. The highest BCUT2D eigenvalue weighted by molar-refractivity contribution is 5.99. The maximum absolute atomic E-state index is 10.5. The van der Waals surface area contributed by atoms with Gasteiger partial charge in [-0.25, -0.2) is 4.79 Å². The topological polar surface area (TPSA) is 74.2 Å². The van der Waals surface area contributed by atoms with Gasteiger partial charge in [-0.1, -0.05) is 0 Å². The highest BCUT2D eigenvalue weighted by Gasteiger charge is 2.13. The van der Waals surface area contributed by atoms with Crippen LogP contribution in [0.3, 0.4) is 0 Å². The van der Waals surface area contributed by atoms with Crippen LogP contribution in [-0.2, 0) is 4.79 Å².